The Balaban J connectivity index is 1.81. The van der Waals surface area contributed by atoms with Crippen molar-refractivity contribution in [2.45, 2.75) is 25.8 Å². The van der Waals surface area contributed by atoms with Crippen LogP contribution in [0.4, 0.5) is 5.69 Å². The Labute approximate surface area is 135 Å². The molecule has 5 heteroatoms. The molecule has 1 fully saturated rings. The van der Waals surface area contributed by atoms with Crippen molar-refractivity contribution in [1.29, 1.82) is 0 Å². The molecule has 1 aliphatic heterocycles. The molecular weight excluding hydrogens is 330 g/mol. The van der Waals surface area contributed by atoms with E-state index in [9.17, 15) is 4.79 Å². The van der Waals surface area contributed by atoms with E-state index in [2.05, 4.69) is 51.3 Å². The first-order valence-corrected chi connectivity index (χ1v) is 8.20. The number of hydrogen-bond acceptors (Lipinski definition) is 3. The van der Waals surface area contributed by atoms with Gasteiger partial charge in [-0.15, -0.1) is 0 Å². The summed E-state index contributed by atoms with van der Waals surface area (Å²) in [5.41, 5.74) is 2.42. The van der Waals surface area contributed by atoms with Gasteiger partial charge in [0.25, 0.3) is 0 Å². The van der Waals surface area contributed by atoms with Crippen molar-refractivity contribution in [3.8, 4) is 0 Å². The number of rotatable bonds is 4. The molecule has 0 atom stereocenters. The van der Waals surface area contributed by atoms with Gasteiger partial charge in [-0.1, -0.05) is 15.9 Å². The number of amides is 1. The lowest BCUT2D eigenvalue weighted by Crippen LogP contribution is -2.43. The molecule has 1 aliphatic rings. The van der Waals surface area contributed by atoms with Gasteiger partial charge in [-0.25, -0.2) is 0 Å². The molecule has 4 nitrogen and oxygen atoms in total. The third kappa shape index (κ3) is 4.71. The predicted octanol–water partition coefficient (Wildman–Crippen LogP) is 2.72. The minimum atomic E-state index is 0.185. The van der Waals surface area contributed by atoms with Crippen LogP contribution in [0.25, 0.3) is 0 Å². The van der Waals surface area contributed by atoms with Crippen LogP contribution in [0.2, 0.25) is 0 Å². The molecule has 116 valence electrons. The lowest BCUT2D eigenvalue weighted by molar-refractivity contribution is -0.130. The van der Waals surface area contributed by atoms with Gasteiger partial charge in [0.15, 0.2) is 0 Å². The van der Waals surface area contributed by atoms with E-state index in [1.807, 2.05) is 14.1 Å². The van der Waals surface area contributed by atoms with Crippen LogP contribution in [0, 0.1) is 6.92 Å². The Morgan fingerprint density at radius 1 is 1.38 bits per heavy atom. The lowest BCUT2D eigenvalue weighted by atomic mass is 10.0. The third-order valence-corrected chi connectivity index (χ3v) is 4.86. The first kappa shape index (κ1) is 16.3. The van der Waals surface area contributed by atoms with E-state index in [0.717, 1.165) is 30.4 Å². The highest BCUT2D eigenvalue weighted by Gasteiger charge is 2.21. The SMILES string of the molecule is Cc1cc(NC2CCN(CC(=O)N(C)C)CC2)ccc1Br. The van der Waals surface area contributed by atoms with Crippen molar-refractivity contribution >= 4 is 27.5 Å². The topological polar surface area (TPSA) is 35.6 Å². The summed E-state index contributed by atoms with van der Waals surface area (Å²) in [6.07, 6.45) is 2.16. The number of carbonyl (C=O) groups excluding carboxylic acids is 1. The number of carbonyl (C=O) groups is 1. The Hall–Kier alpha value is -1.07. The fraction of sp³-hybridized carbons (Fsp3) is 0.562. The molecule has 1 aromatic carbocycles. The number of likely N-dealkylation sites (N-methyl/N-ethyl adjacent to an activating group) is 1. The van der Waals surface area contributed by atoms with Crippen molar-refractivity contribution in [2.24, 2.45) is 0 Å². The van der Waals surface area contributed by atoms with Gasteiger partial charge in [0.05, 0.1) is 6.54 Å². The average molecular weight is 354 g/mol. The molecule has 0 unspecified atom stereocenters. The number of nitrogens with zero attached hydrogens (tertiary/aromatic N) is 2. The minimum absolute atomic E-state index is 0.185. The zero-order valence-electron chi connectivity index (χ0n) is 13.0. The molecule has 1 N–H and O–H groups in total. The Morgan fingerprint density at radius 3 is 2.62 bits per heavy atom. The fourth-order valence-corrected chi connectivity index (χ4v) is 2.78. The molecule has 0 aliphatic carbocycles. The van der Waals surface area contributed by atoms with Gasteiger partial charge in [-0.3, -0.25) is 9.69 Å². The predicted molar refractivity (Wildman–Crippen MR) is 90.7 cm³/mol. The lowest BCUT2D eigenvalue weighted by Gasteiger charge is -2.33. The maximum atomic E-state index is 11.7. The van der Waals surface area contributed by atoms with Gasteiger partial charge in [-0.2, -0.15) is 0 Å². The highest BCUT2D eigenvalue weighted by Crippen LogP contribution is 2.22. The second-order valence-electron chi connectivity index (χ2n) is 5.95. The summed E-state index contributed by atoms with van der Waals surface area (Å²) in [6.45, 7) is 4.60. The molecule has 2 rings (SSSR count). The molecule has 0 bridgehead atoms. The van der Waals surface area contributed by atoms with Gasteiger partial charge in [0.2, 0.25) is 5.91 Å². The second-order valence-corrected chi connectivity index (χ2v) is 6.80. The van der Waals surface area contributed by atoms with E-state index in [1.165, 1.54) is 11.3 Å². The van der Waals surface area contributed by atoms with E-state index >= 15 is 0 Å². The first-order chi connectivity index (χ1) is 9.95. The second kappa shape index (κ2) is 7.27. The highest BCUT2D eigenvalue weighted by molar-refractivity contribution is 9.10. The van der Waals surface area contributed by atoms with Gasteiger partial charge in [0.1, 0.15) is 0 Å². The summed E-state index contributed by atoms with van der Waals surface area (Å²) in [5, 5.41) is 3.60. The van der Waals surface area contributed by atoms with Crippen molar-refractivity contribution < 1.29 is 4.79 Å². The van der Waals surface area contributed by atoms with Crippen LogP contribution in [0.15, 0.2) is 22.7 Å². The van der Waals surface area contributed by atoms with Crippen molar-refractivity contribution in [3.05, 3.63) is 28.2 Å². The van der Waals surface area contributed by atoms with Crippen molar-refractivity contribution in [2.75, 3.05) is 39.0 Å². The maximum Gasteiger partial charge on any atom is 0.236 e. The molecule has 1 aromatic rings. The van der Waals surface area contributed by atoms with E-state index in [4.69, 9.17) is 0 Å². The van der Waals surface area contributed by atoms with Crippen LogP contribution in [0.5, 0.6) is 0 Å². The molecule has 0 spiro atoms. The number of likely N-dealkylation sites (tertiary alicyclic amines) is 1. The van der Waals surface area contributed by atoms with Crippen LogP contribution in [-0.2, 0) is 4.79 Å². The molecule has 1 heterocycles. The monoisotopic (exact) mass is 353 g/mol. The van der Waals surface area contributed by atoms with E-state index in [1.54, 1.807) is 4.90 Å². The third-order valence-electron chi connectivity index (χ3n) is 3.97. The summed E-state index contributed by atoms with van der Waals surface area (Å²) in [7, 11) is 3.62. The molecular formula is C16H24BrN3O. The van der Waals surface area contributed by atoms with Crippen LogP contribution in [0.3, 0.4) is 0 Å². The summed E-state index contributed by atoms with van der Waals surface area (Å²) in [5.74, 6) is 0.185. The zero-order valence-corrected chi connectivity index (χ0v) is 14.6. The summed E-state index contributed by atoms with van der Waals surface area (Å²) >= 11 is 3.53. The highest BCUT2D eigenvalue weighted by atomic mass is 79.9. The molecule has 0 radical (unpaired) electrons. The molecule has 21 heavy (non-hydrogen) atoms. The number of aryl methyl sites for hydroxylation is 1. The molecule has 0 aromatic heterocycles. The van der Waals surface area contributed by atoms with Crippen LogP contribution in [-0.4, -0.2) is 55.5 Å². The quantitative estimate of drug-likeness (QED) is 0.903. The number of benzene rings is 1. The van der Waals surface area contributed by atoms with E-state index < -0.39 is 0 Å². The Kier molecular flexibility index (Phi) is 5.65. The largest absolute Gasteiger partial charge is 0.382 e. The average Bonchev–Trinajstić information content (AvgIpc) is 2.45. The standard InChI is InChI=1S/C16H24BrN3O/c1-12-10-14(4-5-15(12)17)18-13-6-8-20(9-7-13)11-16(21)19(2)3/h4-5,10,13,18H,6-9,11H2,1-3H3. The molecule has 1 saturated heterocycles. The summed E-state index contributed by atoms with van der Waals surface area (Å²) in [6, 6.07) is 6.87. The van der Waals surface area contributed by atoms with Crippen molar-refractivity contribution in [1.82, 2.24) is 9.80 Å². The van der Waals surface area contributed by atoms with Crippen LogP contribution < -0.4 is 5.32 Å². The van der Waals surface area contributed by atoms with Gasteiger partial charge in [0, 0.05) is 43.4 Å². The van der Waals surface area contributed by atoms with Crippen LogP contribution >= 0.6 is 15.9 Å². The van der Waals surface area contributed by atoms with Gasteiger partial charge < -0.3 is 10.2 Å². The minimum Gasteiger partial charge on any atom is -0.382 e. The zero-order chi connectivity index (χ0) is 15.4. The van der Waals surface area contributed by atoms with E-state index in [0.29, 0.717) is 12.6 Å². The normalized spacial score (nSPS) is 16.8. The molecule has 0 saturated carbocycles. The van der Waals surface area contributed by atoms with Gasteiger partial charge >= 0.3 is 0 Å². The summed E-state index contributed by atoms with van der Waals surface area (Å²) in [4.78, 5) is 15.6. The first-order valence-electron chi connectivity index (χ1n) is 7.41. The number of hydrogen-bond donors (Lipinski definition) is 1. The van der Waals surface area contributed by atoms with Crippen LogP contribution in [0.1, 0.15) is 18.4 Å². The van der Waals surface area contributed by atoms with Gasteiger partial charge in [-0.05, 0) is 43.5 Å². The fourth-order valence-electron chi connectivity index (χ4n) is 2.54. The number of halogens is 1. The Morgan fingerprint density at radius 2 is 2.05 bits per heavy atom. The maximum absolute atomic E-state index is 11.7. The Bertz CT molecular complexity index is 496. The smallest absolute Gasteiger partial charge is 0.236 e. The van der Waals surface area contributed by atoms with E-state index in [-0.39, 0.29) is 5.91 Å². The molecule has 1 amide bonds. The summed E-state index contributed by atoms with van der Waals surface area (Å²) < 4.78 is 1.14. The number of anilines is 1. The van der Waals surface area contributed by atoms with Crippen molar-refractivity contribution in [3.63, 3.8) is 0 Å². The number of piperidine rings is 1. The number of nitrogens with one attached hydrogen (secondary N) is 1.